The maximum absolute atomic E-state index is 13.8. The van der Waals surface area contributed by atoms with E-state index < -0.39 is 20.2 Å². The predicted molar refractivity (Wildman–Crippen MR) is 122 cm³/mol. The fourth-order valence-electron chi connectivity index (χ4n) is 4.16. The van der Waals surface area contributed by atoms with Crippen LogP contribution in [0, 0.1) is 0 Å². The van der Waals surface area contributed by atoms with Crippen molar-refractivity contribution in [2.24, 2.45) is 0 Å². The zero-order valence-corrected chi connectivity index (χ0v) is 19.1. The fourth-order valence-corrected chi connectivity index (χ4v) is 5.00. The highest BCUT2D eigenvalue weighted by Crippen LogP contribution is 2.48. The molecule has 1 atom stereocenters. The summed E-state index contributed by atoms with van der Waals surface area (Å²) in [6, 6.07) is 13.1. The summed E-state index contributed by atoms with van der Waals surface area (Å²) in [5, 5.41) is 0.870. The highest BCUT2D eigenvalue weighted by Gasteiger charge is 2.53. The summed E-state index contributed by atoms with van der Waals surface area (Å²) in [5.41, 5.74) is 1.80. The molecule has 2 aromatic carbocycles. The van der Waals surface area contributed by atoms with Crippen LogP contribution in [0.25, 0.3) is 10.9 Å². The molecule has 0 bridgehead atoms. The molecule has 2 heterocycles. The van der Waals surface area contributed by atoms with Gasteiger partial charge in [-0.3, -0.25) is 4.79 Å². The average Bonchev–Trinajstić information content (AvgIpc) is 3.25. The Kier molecular flexibility index (Phi) is 4.90. The zero-order valence-electron chi connectivity index (χ0n) is 18.3. The number of para-hydroxylation sites is 1. The second-order valence-electron chi connectivity index (χ2n) is 8.84. The van der Waals surface area contributed by atoms with Gasteiger partial charge in [0.05, 0.1) is 11.9 Å². The van der Waals surface area contributed by atoms with Crippen molar-refractivity contribution in [3.05, 3.63) is 59.8 Å². The average molecular weight is 442 g/mol. The molecule has 8 heteroatoms. The molecule has 0 saturated carbocycles. The molecular weight excluding hydrogens is 414 g/mol. The molecule has 2 N–H and O–H groups in total. The number of nitrogens with one attached hydrogen (secondary N) is 2. The first-order valence-corrected chi connectivity index (χ1v) is 11.5. The van der Waals surface area contributed by atoms with Gasteiger partial charge < -0.3 is 14.6 Å². The number of fused-ring (bicyclic) bond motifs is 2. The number of amides is 1. The smallest absolute Gasteiger partial charge is 0.243 e. The summed E-state index contributed by atoms with van der Waals surface area (Å²) in [6.07, 6.45) is 1.80. The predicted octanol–water partition coefficient (Wildman–Crippen LogP) is 3.16. The van der Waals surface area contributed by atoms with Gasteiger partial charge in [0.1, 0.15) is 11.2 Å². The number of aromatic nitrogens is 1. The minimum atomic E-state index is -3.69. The standard InChI is InChI=1S/C23H27N3O4S/c1-22(2,3)31(28,29)25-14-23(18-13-24-19-9-7-6-8-16(18)19)17-12-15(30-5)10-11-20(17)26(4)21(23)27/h6-13,24-25H,14H2,1-5H3/t23-/m1/s1. The maximum atomic E-state index is 13.8. The fraction of sp³-hybridized carbons (Fsp3) is 0.348. The van der Waals surface area contributed by atoms with Crippen LogP contribution in [0.5, 0.6) is 5.75 Å². The van der Waals surface area contributed by atoms with Crippen LogP contribution in [0.3, 0.4) is 0 Å². The number of benzene rings is 2. The van der Waals surface area contributed by atoms with Crippen LogP contribution in [0.1, 0.15) is 31.9 Å². The van der Waals surface area contributed by atoms with Crippen LogP contribution in [0.4, 0.5) is 5.69 Å². The number of hydrogen-bond acceptors (Lipinski definition) is 4. The molecule has 1 aliphatic rings. The number of sulfonamides is 1. The lowest BCUT2D eigenvalue weighted by Crippen LogP contribution is -2.51. The van der Waals surface area contributed by atoms with Gasteiger partial charge in [0, 0.05) is 41.9 Å². The lowest BCUT2D eigenvalue weighted by atomic mass is 9.75. The number of nitrogens with zero attached hydrogens (tertiary/aromatic N) is 1. The molecule has 164 valence electrons. The number of anilines is 1. The molecule has 7 nitrogen and oxygen atoms in total. The first-order valence-electron chi connectivity index (χ1n) is 10.1. The van der Waals surface area contributed by atoms with Crippen molar-refractivity contribution in [2.75, 3.05) is 25.6 Å². The number of aromatic amines is 1. The van der Waals surface area contributed by atoms with E-state index >= 15 is 0 Å². The van der Waals surface area contributed by atoms with Gasteiger partial charge in [-0.05, 0) is 50.6 Å². The Labute approximate surface area is 182 Å². The lowest BCUT2D eigenvalue weighted by Gasteiger charge is -2.30. The molecule has 1 aromatic heterocycles. The summed E-state index contributed by atoms with van der Waals surface area (Å²) in [6.45, 7) is 4.80. The lowest BCUT2D eigenvalue weighted by molar-refractivity contribution is -0.121. The first kappa shape index (κ1) is 21.4. The minimum absolute atomic E-state index is 0.0994. The number of likely N-dealkylation sites (N-methyl/N-ethyl adjacent to an activating group) is 1. The van der Waals surface area contributed by atoms with E-state index in [1.165, 1.54) is 0 Å². The zero-order chi connectivity index (χ0) is 22.6. The van der Waals surface area contributed by atoms with Crippen LogP contribution in [-0.4, -0.2) is 44.8 Å². The molecule has 3 aromatic rings. The molecular formula is C23H27N3O4S. The SMILES string of the molecule is COc1ccc2c(c1)[C@](CNS(=O)(=O)C(C)(C)C)(c1c[nH]c3ccccc13)C(=O)N2C. The topological polar surface area (TPSA) is 91.5 Å². The number of hydrogen-bond donors (Lipinski definition) is 2. The number of carbonyl (C=O) groups excluding carboxylic acids is 1. The van der Waals surface area contributed by atoms with E-state index in [1.54, 1.807) is 52.1 Å². The van der Waals surface area contributed by atoms with E-state index in [2.05, 4.69) is 9.71 Å². The van der Waals surface area contributed by atoms with Crippen molar-refractivity contribution in [1.82, 2.24) is 9.71 Å². The van der Waals surface area contributed by atoms with Gasteiger partial charge in [-0.15, -0.1) is 0 Å². The molecule has 0 aliphatic carbocycles. The van der Waals surface area contributed by atoms with Crippen molar-refractivity contribution >= 4 is 32.5 Å². The largest absolute Gasteiger partial charge is 0.497 e. The van der Waals surface area contributed by atoms with Crippen molar-refractivity contribution < 1.29 is 17.9 Å². The van der Waals surface area contributed by atoms with Gasteiger partial charge >= 0.3 is 0 Å². The van der Waals surface area contributed by atoms with Gasteiger partial charge in [0.2, 0.25) is 15.9 Å². The molecule has 4 rings (SSSR count). The van der Waals surface area contributed by atoms with E-state index in [0.29, 0.717) is 11.3 Å². The molecule has 0 fully saturated rings. The third-order valence-corrected chi connectivity index (χ3v) is 8.21. The van der Waals surface area contributed by atoms with Crippen LogP contribution in [-0.2, 0) is 20.2 Å². The number of ether oxygens (including phenoxy) is 1. The maximum Gasteiger partial charge on any atom is 0.243 e. The third-order valence-electron chi connectivity index (χ3n) is 6.08. The van der Waals surface area contributed by atoms with E-state index in [1.807, 2.05) is 36.4 Å². The summed E-state index contributed by atoms with van der Waals surface area (Å²) < 4.78 is 33.0. The van der Waals surface area contributed by atoms with Crippen LogP contribution in [0.15, 0.2) is 48.7 Å². The molecule has 0 saturated heterocycles. The molecule has 0 spiro atoms. The van der Waals surface area contributed by atoms with Crippen molar-refractivity contribution in [2.45, 2.75) is 30.9 Å². The normalized spacial score (nSPS) is 19.1. The number of H-pyrrole nitrogens is 1. The van der Waals surface area contributed by atoms with Crippen LogP contribution in [0.2, 0.25) is 0 Å². The Morgan fingerprint density at radius 2 is 1.84 bits per heavy atom. The first-order chi connectivity index (χ1) is 14.5. The second-order valence-corrected chi connectivity index (χ2v) is 11.4. The van der Waals surface area contributed by atoms with Crippen LogP contribution >= 0.6 is 0 Å². The Morgan fingerprint density at radius 3 is 2.52 bits per heavy atom. The van der Waals surface area contributed by atoms with E-state index in [0.717, 1.165) is 22.2 Å². The summed E-state index contributed by atoms with van der Waals surface area (Å²) >= 11 is 0. The van der Waals surface area contributed by atoms with Gasteiger partial charge in [-0.2, -0.15) is 0 Å². The van der Waals surface area contributed by atoms with Gasteiger partial charge in [-0.25, -0.2) is 13.1 Å². The Morgan fingerprint density at radius 1 is 1.13 bits per heavy atom. The Bertz CT molecular complexity index is 1270. The van der Waals surface area contributed by atoms with E-state index in [9.17, 15) is 13.2 Å². The minimum Gasteiger partial charge on any atom is -0.497 e. The Balaban J connectivity index is 1.99. The molecule has 0 unspecified atom stereocenters. The Hall–Kier alpha value is -2.84. The van der Waals surface area contributed by atoms with Crippen molar-refractivity contribution in [1.29, 1.82) is 0 Å². The third kappa shape index (κ3) is 3.13. The summed E-state index contributed by atoms with van der Waals surface area (Å²) in [5.74, 6) is 0.405. The quantitative estimate of drug-likeness (QED) is 0.636. The highest BCUT2D eigenvalue weighted by molar-refractivity contribution is 7.90. The van der Waals surface area contributed by atoms with Crippen molar-refractivity contribution in [3.63, 3.8) is 0 Å². The molecule has 31 heavy (non-hydrogen) atoms. The number of methoxy groups -OCH3 is 1. The van der Waals surface area contributed by atoms with Crippen LogP contribution < -0.4 is 14.4 Å². The summed E-state index contributed by atoms with van der Waals surface area (Å²) in [7, 11) is -0.411. The van der Waals surface area contributed by atoms with E-state index in [4.69, 9.17) is 4.74 Å². The summed E-state index contributed by atoms with van der Waals surface area (Å²) in [4.78, 5) is 18.6. The van der Waals surface area contributed by atoms with Crippen molar-refractivity contribution in [3.8, 4) is 5.75 Å². The molecule has 0 radical (unpaired) electrons. The highest BCUT2D eigenvalue weighted by atomic mass is 32.2. The van der Waals surface area contributed by atoms with Gasteiger partial charge in [0.15, 0.2) is 0 Å². The molecule has 1 aliphatic heterocycles. The van der Waals surface area contributed by atoms with Gasteiger partial charge in [0.25, 0.3) is 0 Å². The molecule has 1 amide bonds. The monoisotopic (exact) mass is 441 g/mol. The van der Waals surface area contributed by atoms with E-state index in [-0.39, 0.29) is 12.5 Å². The number of rotatable bonds is 5. The van der Waals surface area contributed by atoms with Gasteiger partial charge in [-0.1, -0.05) is 18.2 Å². The second kappa shape index (κ2) is 7.10. The number of carbonyl (C=O) groups is 1.